The molecule has 114 valence electrons. The Morgan fingerprint density at radius 1 is 1.15 bits per heavy atom. The van der Waals surface area contributed by atoms with Gasteiger partial charge in [0.1, 0.15) is 5.54 Å². The van der Waals surface area contributed by atoms with Gasteiger partial charge in [0.15, 0.2) is 0 Å². The van der Waals surface area contributed by atoms with Gasteiger partial charge in [-0.05, 0) is 25.7 Å². The predicted molar refractivity (Wildman–Crippen MR) is 73.6 cm³/mol. The number of carbonyl (C=O) groups excluding carboxylic acids is 1. The molecule has 1 atom stereocenters. The molecule has 0 spiro atoms. The molecule has 1 saturated heterocycles. The summed E-state index contributed by atoms with van der Waals surface area (Å²) < 4.78 is 5.43. The first kappa shape index (κ1) is 15.1. The van der Waals surface area contributed by atoms with Crippen LogP contribution in [-0.2, 0) is 9.53 Å². The van der Waals surface area contributed by atoms with Gasteiger partial charge in [0.05, 0.1) is 6.10 Å². The van der Waals surface area contributed by atoms with Crippen LogP contribution < -0.4 is 10.6 Å². The first-order valence-electron chi connectivity index (χ1n) is 7.53. The fourth-order valence-corrected chi connectivity index (χ4v) is 3.00. The lowest BCUT2D eigenvalue weighted by Crippen LogP contribution is -2.57. The largest absolute Gasteiger partial charge is 0.480 e. The van der Waals surface area contributed by atoms with Crippen molar-refractivity contribution >= 4 is 12.0 Å². The van der Waals surface area contributed by atoms with Crippen LogP contribution in [0.3, 0.4) is 0 Å². The van der Waals surface area contributed by atoms with Crippen molar-refractivity contribution in [1.82, 2.24) is 10.6 Å². The smallest absolute Gasteiger partial charge is 0.329 e. The monoisotopic (exact) mass is 284 g/mol. The molecule has 6 nitrogen and oxygen atoms in total. The van der Waals surface area contributed by atoms with E-state index in [1.807, 2.05) is 0 Å². The Kier molecular flexibility index (Phi) is 5.23. The SMILES string of the molecule is O=C(NCC1CCCO1)NC1(C(=O)O)CCCCCC1. The molecule has 2 rings (SSSR count). The minimum absolute atomic E-state index is 0.0654. The molecule has 1 aliphatic heterocycles. The Labute approximate surface area is 119 Å². The van der Waals surface area contributed by atoms with Crippen molar-refractivity contribution in [2.24, 2.45) is 0 Å². The van der Waals surface area contributed by atoms with E-state index in [1.165, 1.54) is 0 Å². The van der Waals surface area contributed by atoms with E-state index in [-0.39, 0.29) is 6.10 Å². The van der Waals surface area contributed by atoms with E-state index in [4.69, 9.17) is 4.74 Å². The summed E-state index contributed by atoms with van der Waals surface area (Å²) in [4.78, 5) is 23.5. The van der Waals surface area contributed by atoms with Crippen LogP contribution in [0.4, 0.5) is 4.79 Å². The van der Waals surface area contributed by atoms with E-state index in [0.29, 0.717) is 19.4 Å². The minimum Gasteiger partial charge on any atom is -0.480 e. The third kappa shape index (κ3) is 3.85. The number of carboxylic acid groups (broad SMARTS) is 1. The molecule has 2 amide bonds. The number of urea groups is 1. The standard InChI is InChI=1S/C14H24N2O4/c17-12(18)14(7-3-1-2-4-8-14)16-13(19)15-10-11-6-5-9-20-11/h11H,1-10H2,(H,17,18)(H2,15,16,19). The summed E-state index contributed by atoms with van der Waals surface area (Å²) in [6.07, 6.45) is 6.82. The summed E-state index contributed by atoms with van der Waals surface area (Å²) in [7, 11) is 0. The van der Waals surface area contributed by atoms with Gasteiger partial charge in [0.2, 0.25) is 0 Å². The number of hydrogen-bond acceptors (Lipinski definition) is 3. The molecule has 1 unspecified atom stereocenters. The van der Waals surface area contributed by atoms with Gasteiger partial charge < -0.3 is 20.5 Å². The van der Waals surface area contributed by atoms with Gasteiger partial charge in [-0.1, -0.05) is 25.7 Å². The Hall–Kier alpha value is -1.30. The van der Waals surface area contributed by atoms with E-state index in [1.54, 1.807) is 0 Å². The summed E-state index contributed by atoms with van der Waals surface area (Å²) >= 11 is 0. The van der Waals surface area contributed by atoms with Crippen LogP contribution in [0.2, 0.25) is 0 Å². The molecule has 0 aromatic heterocycles. The number of carbonyl (C=O) groups is 2. The molecule has 0 radical (unpaired) electrons. The van der Waals surface area contributed by atoms with Crippen molar-refractivity contribution in [3.63, 3.8) is 0 Å². The van der Waals surface area contributed by atoms with Gasteiger partial charge in [-0.2, -0.15) is 0 Å². The predicted octanol–water partition coefficient (Wildman–Crippen LogP) is 1.64. The summed E-state index contributed by atoms with van der Waals surface area (Å²) in [6, 6.07) is -0.398. The van der Waals surface area contributed by atoms with Gasteiger partial charge >= 0.3 is 12.0 Å². The Morgan fingerprint density at radius 2 is 1.85 bits per heavy atom. The maximum absolute atomic E-state index is 11.9. The minimum atomic E-state index is -1.10. The highest BCUT2D eigenvalue weighted by molar-refractivity contribution is 5.86. The molecular formula is C14H24N2O4. The van der Waals surface area contributed by atoms with Crippen LogP contribution in [0.15, 0.2) is 0 Å². The highest BCUT2D eigenvalue weighted by atomic mass is 16.5. The lowest BCUT2D eigenvalue weighted by Gasteiger charge is -2.29. The quantitative estimate of drug-likeness (QED) is 0.685. The molecule has 0 aromatic carbocycles. The maximum atomic E-state index is 11.9. The first-order valence-corrected chi connectivity index (χ1v) is 7.53. The van der Waals surface area contributed by atoms with Crippen molar-refractivity contribution in [3.8, 4) is 0 Å². The Morgan fingerprint density at radius 3 is 2.40 bits per heavy atom. The average molecular weight is 284 g/mol. The number of nitrogens with one attached hydrogen (secondary N) is 2. The second-order valence-electron chi connectivity index (χ2n) is 5.77. The molecule has 0 bridgehead atoms. The van der Waals surface area contributed by atoms with E-state index in [9.17, 15) is 14.7 Å². The van der Waals surface area contributed by atoms with E-state index < -0.39 is 17.5 Å². The molecular weight excluding hydrogens is 260 g/mol. The molecule has 0 aromatic rings. The van der Waals surface area contributed by atoms with Crippen LogP contribution in [0.25, 0.3) is 0 Å². The zero-order valence-electron chi connectivity index (χ0n) is 11.8. The number of carboxylic acids is 1. The van der Waals surface area contributed by atoms with Crippen molar-refractivity contribution in [1.29, 1.82) is 0 Å². The highest BCUT2D eigenvalue weighted by Gasteiger charge is 2.40. The van der Waals surface area contributed by atoms with E-state index in [2.05, 4.69) is 10.6 Å². The third-order valence-electron chi connectivity index (χ3n) is 4.23. The van der Waals surface area contributed by atoms with Crippen molar-refractivity contribution < 1.29 is 19.4 Å². The van der Waals surface area contributed by atoms with Crippen molar-refractivity contribution in [3.05, 3.63) is 0 Å². The number of ether oxygens (including phenoxy) is 1. The highest BCUT2D eigenvalue weighted by Crippen LogP contribution is 2.27. The van der Waals surface area contributed by atoms with Crippen molar-refractivity contribution in [2.75, 3.05) is 13.2 Å². The fourth-order valence-electron chi connectivity index (χ4n) is 3.00. The van der Waals surface area contributed by atoms with Gasteiger partial charge in [-0.3, -0.25) is 0 Å². The maximum Gasteiger partial charge on any atom is 0.329 e. The third-order valence-corrected chi connectivity index (χ3v) is 4.23. The number of rotatable bonds is 4. The van der Waals surface area contributed by atoms with Gasteiger partial charge in [0.25, 0.3) is 0 Å². The molecule has 1 saturated carbocycles. The second kappa shape index (κ2) is 6.92. The van der Waals surface area contributed by atoms with Crippen LogP contribution in [0, 0.1) is 0 Å². The van der Waals surface area contributed by atoms with Crippen LogP contribution in [0.1, 0.15) is 51.4 Å². The van der Waals surface area contributed by atoms with Crippen LogP contribution >= 0.6 is 0 Å². The zero-order chi connectivity index (χ0) is 14.4. The topological polar surface area (TPSA) is 87.7 Å². The number of amides is 2. The molecule has 1 aliphatic carbocycles. The summed E-state index contributed by atoms with van der Waals surface area (Å²) in [5, 5.41) is 14.9. The lowest BCUT2D eigenvalue weighted by molar-refractivity contribution is -0.145. The second-order valence-corrected chi connectivity index (χ2v) is 5.77. The van der Waals surface area contributed by atoms with E-state index in [0.717, 1.165) is 45.1 Å². The van der Waals surface area contributed by atoms with E-state index >= 15 is 0 Å². The molecule has 6 heteroatoms. The molecule has 20 heavy (non-hydrogen) atoms. The number of hydrogen-bond donors (Lipinski definition) is 3. The average Bonchev–Trinajstić information content (AvgIpc) is 2.82. The molecule has 1 heterocycles. The first-order chi connectivity index (χ1) is 9.62. The van der Waals surface area contributed by atoms with Gasteiger partial charge in [0, 0.05) is 13.2 Å². The lowest BCUT2D eigenvalue weighted by atomic mass is 9.90. The molecule has 2 fully saturated rings. The zero-order valence-corrected chi connectivity index (χ0v) is 11.8. The van der Waals surface area contributed by atoms with Gasteiger partial charge in [-0.15, -0.1) is 0 Å². The molecule has 2 aliphatic rings. The van der Waals surface area contributed by atoms with Crippen LogP contribution in [-0.4, -0.2) is 41.9 Å². The summed E-state index contributed by atoms with van der Waals surface area (Å²) in [5.74, 6) is -0.924. The van der Waals surface area contributed by atoms with Gasteiger partial charge in [-0.25, -0.2) is 9.59 Å². The Bertz CT molecular complexity index is 345. The van der Waals surface area contributed by atoms with Crippen molar-refractivity contribution in [2.45, 2.75) is 63.0 Å². The Balaban J connectivity index is 1.86. The summed E-state index contributed by atoms with van der Waals surface area (Å²) in [5.41, 5.74) is -1.10. The summed E-state index contributed by atoms with van der Waals surface area (Å²) in [6.45, 7) is 1.19. The normalized spacial score (nSPS) is 25.7. The fraction of sp³-hybridized carbons (Fsp3) is 0.857. The molecule has 3 N–H and O–H groups in total. The number of aliphatic carboxylic acids is 1. The van der Waals surface area contributed by atoms with Crippen LogP contribution in [0.5, 0.6) is 0 Å².